The van der Waals surface area contributed by atoms with Crippen LogP contribution >= 0.6 is 0 Å². The van der Waals surface area contributed by atoms with Gasteiger partial charge in [0, 0.05) is 0 Å². The van der Waals surface area contributed by atoms with E-state index in [-0.39, 0.29) is 0 Å². The Balaban J connectivity index is 3.03. The van der Waals surface area contributed by atoms with Crippen molar-refractivity contribution in [1.82, 2.24) is 0 Å². The lowest BCUT2D eigenvalue weighted by Crippen LogP contribution is -1.96. The zero-order chi connectivity index (χ0) is 12.8. The molecule has 0 saturated heterocycles. The van der Waals surface area contributed by atoms with Gasteiger partial charge in [-0.2, -0.15) is 0 Å². The van der Waals surface area contributed by atoms with E-state index in [0.29, 0.717) is 0 Å². The highest BCUT2D eigenvalue weighted by Gasteiger charge is 2.02. The highest BCUT2D eigenvalue weighted by molar-refractivity contribution is 4.55. The molecule has 103 valence electrons. The van der Waals surface area contributed by atoms with Crippen molar-refractivity contribution in [3.63, 3.8) is 0 Å². The monoisotopic (exact) mass is 239 g/mol. The first-order chi connectivity index (χ1) is 8.35. The van der Waals surface area contributed by atoms with Crippen molar-refractivity contribution in [3.05, 3.63) is 6.92 Å². The summed E-state index contributed by atoms with van der Waals surface area (Å²) in [5.41, 5.74) is 0. The topological polar surface area (TPSA) is 0 Å². The summed E-state index contributed by atoms with van der Waals surface area (Å²) in [6, 6.07) is 0. The molecule has 0 N–H and O–H groups in total. The summed E-state index contributed by atoms with van der Waals surface area (Å²) in [5.74, 6) is 0.998. The summed E-state index contributed by atoms with van der Waals surface area (Å²) >= 11 is 0. The van der Waals surface area contributed by atoms with Crippen molar-refractivity contribution in [2.75, 3.05) is 0 Å². The van der Waals surface area contributed by atoms with Crippen LogP contribution in [0.1, 0.15) is 97.3 Å². The quantitative estimate of drug-likeness (QED) is 0.320. The second-order valence-corrected chi connectivity index (χ2v) is 5.51. The smallest absolute Gasteiger partial charge is 0.0420 e. The SMILES string of the molecule is [CH2]CCCCCCCCCCCC(CC)CC. The standard InChI is InChI=1S/C17H35/c1-4-7-8-9-10-11-12-13-14-15-16-17(5-2)6-3/h17H,1,4-16H2,2-3H3. The summed E-state index contributed by atoms with van der Waals surface area (Å²) in [6.07, 6.45) is 18.3. The first-order valence-electron chi connectivity index (χ1n) is 8.14. The fraction of sp³-hybridized carbons (Fsp3) is 0.941. The molecular formula is C17H35. The molecule has 1 radical (unpaired) electrons. The van der Waals surface area contributed by atoms with Gasteiger partial charge in [0.05, 0.1) is 0 Å². The van der Waals surface area contributed by atoms with E-state index in [4.69, 9.17) is 0 Å². The van der Waals surface area contributed by atoms with Gasteiger partial charge in [0.25, 0.3) is 0 Å². The minimum atomic E-state index is 0.998. The van der Waals surface area contributed by atoms with E-state index in [1.807, 2.05) is 0 Å². The molecule has 0 aromatic carbocycles. The van der Waals surface area contributed by atoms with Crippen molar-refractivity contribution in [2.45, 2.75) is 97.3 Å². The van der Waals surface area contributed by atoms with Gasteiger partial charge in [-0.05, 0) is 5.92 Å². The highest BCUT2D eigenvalue weighted by atomic mass is 14.1. The normalized spacial score (nSPS) is 11.3. The van der Waals surface area contributed by atoms with Crippen molar-refractivity contribution in [1.29, 1.82) is 0 Å². The first kappa shape index (κ1) is 17.0. The van der Waals surface area contributed by atoms with Crippen LogP contribution in [0.25, 0.3) is 0 Å². The molecule has 0 rings (SSSR count). The predicted molar refractivity (Wildman–Crippen MR) is 80.2 cm³/mol. The van der Waals surface area contributed by atoms with Crippen LogP contribution in [0.4, 0.5) is 0 Å². The molecule has 17 heavy (non-hydrogen) atoms. The van der Waals surface area contributed by atoms with E-state index >= 15 is 0 Å². The minimum Gasteiger partial charge on any atom is -0.0651 e. The zero-order valence-corrected chi connectivity index (χ0v) is 12.5. The maximum absolute atomic E-state index is 3.88. The Bertz CT molecular complexity index is 124. The minimum absolute atomic E-state index is 0.998. The average Bonchev–Trinajstić information content (AvgIpc) is 2.36. The summed E-state index contributed by atoms with van der Waals surface area (Å²) < 4.78 is 0. The Morgan fingerprint density at radius 2 is 1.06 bits per heavy atom. The van der Waals surface area contributed by atoms with E-state index in [9.17, 15) is 0 Å². The van der Waals surface area contributed by atoms with Crippen LogP contribution in [-0.2, 0) is 0 Å². The van der Waals surface area contributed by atoms with Gasteiger partial charge in [-0.15, -0.1) is 0 Å². The van der Waals surface area contributed by atoms with Gasteiger partial charge in [0.2, 0.25) is 0 Å². The van der Waals surface area contributed by atoms with Gasteiger partial charge < -0.3 is 0 Å². The van der Waals surface area contributed by atoms with Gasteiger partial charge >= 0.3 is 0 Å². The molecule has 0 unspecified atom stereocenters. The van der Waals surface area contributed by atoms with E-state index in [1.165, 1.54) is 77.0 Å². The third kappa shape index (κ3) is 12.2. The number of hydrogen-bond acceptors (Lipinski definition) is 0. The fourth-order valence-corrected chi connectivity index (χ4v) is 2.54. The van der Waals surface area contributed by atoms with Crippen LogP contribution in [0, 0.1) is 12.8 Å². The summed E-state index contributed by atoms with van der Waals surface area (Å²) in [7, 11) is 0. The average molecular weight is 239 g/mol. The highest BCUT2D eigenvalue weighted by Crippen LogP contribution is 2.18. The maximum Gasteiger partial charge on any atom is -0.0420 e. The zero-order valence-electron chi connectivity index (χ0n) is 12.5. The molecular weight excluding hydrogens is 204 g/mol. The number of hydrogen-bond donors (Lipinski definition) is 0. The Kier molecular flexibility index (Phi) is 14.1. The number of rotatable bonds is 13. The van der Waals surface area contributed by atoms with Crippen molar-refractivity contribution >= 4 is 0 Å². The Hall–Kier alpha value is 0. The van der Waals surface area contributed by atoms with Crippen molar-refractivity contribution in [3.8, 4) is 0 Å². The van der Waals surface area contributed by atoms with E-state index in [0.717, 1.165) is 12.3 Å². The van der Waals surface area contributed by atoms with Crippen LogP contribution < -0.4 is 0 Å². The molecule has 0 fully saturated rings. The third-order valence-corrected chi connectivity index (χ3v) is 4.02. The van der Waals surface area contributed by atoms with Gasteiger partial charge in [0.15, 0.2) is 0 Å². The lowest BCUT2D eigenvalue weighted by atomic mass is 9.95. The molecule has 0 nitrogen and oxygen atoms in total. The lowest BCUT2D eigenvalue weighted by Gasteiger charge is -2.11. The van der Waals surface area contributed by atoms with Crippen LogP contribution in [0.5, 0.6) is 0 Å². The number of unbranched alkanes of at least 4 members (excludes halogenated alkanes) is 9. The maximum atomic E-state index is 3.88. The second-order valence-electron chi connectivity index (χ2n) is 5.51. The Morgan fingerprint density at radius 3 is 1.47 bits per heavy atom. The molecule has 0 aromatic heterocycles. The molecule has 0 heteroatoms. The summed E-state index contributed by atoms with van der Waals surface area (Å²) in [4.78, 5) is 0. The summed E-state index contributed by atoms with van der Waals surface area (Å²) in [6.45, 7) is 8.55. The van der Waals surface area contributed by atoms with E-state index in [1.54, 1.807) is 0 Å². The molecule has 0 heterocycles. The molecule has 0 aliphatic rings. The molecule has 0 atom stereocenters. The Morgan fingerprint density at radius 1 is 0.647 bits per heavy atom. The largest absolute Gasteiger partial charge is 0.0651 e. The van der Waals surface area contributed by atoms with Crippen LogP contribution in [-0.4, -0.2) is 0 Å². The fourth-order valence-electron chi connectivity index (χ4n) is 2.54. The van der Waals surface area contributed by atoms with Crippen molar-refractivity contribution < 1.29 is 0 Å². The van der Waals surface area contributed by atoms with E-state index in [2.05, 4.69) is 20.8 Å². The molecule has 0 amide bonds. The van der Waals surface area contributed by atoms with Gasteiger partial charge in [-0.1, -0.05) is 104 Å². The molecule has 0 aliphatic heterocycles. The van der Waals surface area contributed by atoms with Crippen LogP contribution in [0.3, 0.4) is 0 Å². The first-order valence-corrected chi connectivity index (χ1v) is 8.14. The van der Waals surface area contributed by atoms with Crippen LogP contribution in [0.15, 0.2) is 0 Å². The molecule has 0 bridgehead atoms. The van der Waals surface area contributed by atoms with Crippen LogP contribution in [0.2, 0.25) is 0 Å². The summed E-state index contributed by atoms with van der Waals surface area (Å²) in [5, 5.41) is 0. The second kappa shape index (κ2) is 14.1. The molecule has 0 saturated carbocycles. The van der Waals surface area contributed by atoms with Crippen molar-refractivity contribution in [2.24, 2.45) is 5.92 Å². The van der Waals surface area contributed by atoms with Gasteiger partial charge in [-0.25, -0.2) is 0 Å². The molecule has 0 aliphatic carbocycles. The predicted octanol–water partition coefficient (Wildman–Crippen LogP) is 6.55. The lowest BCUT2D eigenvalue weighted by molar-refractivity contribution is 0.426. The third-order valence-electron chi connectivity index (χ3n) is 4.02. The van der Waals surface area contributed by atoms with E-state index < -0.39 is 0 Å². The van der Waals surface area contributed by atoms with Gasteiger partial charge in [0.1, 0.15) is 0 Å². The Labute approximate surface area is 111 Å². The molecule has 0 spiro atoms. The van der Waals surface area contributed by atoms with Gasteiger partial charge in [-0.3, -0.25) is 0 Å². The molecule has 0 aromatic rings.